The number of hydrogen-bond acceptors (Lipinski definition) is 3. The van der Waals surface area contributed by atoms with E-state index in [4.69, 9.17) is 0 Å². The normalized spacial score (nSPS) is 18.4. The van der Waals surface area contributed by atoms with Gasteiger partial charge in [-0.15, -0.1) is 11.8 Å². The van der Waals surface area contributed by atoms with Crippen LogP contribution in [0.3, 0.4) is 0 Å². The van der Waals surface area contributed by atoms with E-state index in [-0.39, 0.29) is 16.2 Å². The SMILES string of the molecule is CCCCCCCCC(=O)N1CCC2(CC1)SCCN2C(=O)c1ccc(C(C)(C)C)cc1. The first-order valence-electron chi connectivity index (χ1n) is 12.6. The van der Waals surface area contributed by atoms with Gasteiger partial charge in [-0.2, -0.15) is 0 Å². The van der Waals surface area contributed by atoms with Gasteiger partial charge in [0, 0.05) is 37.4 Å². The van der Waals surface area contributed by atoms with Crippen LogP contribution < -0.4 is 0 Å². The first-order chi connectivity index (χ1) is 15.3. The molecular weight excluding hydrogens is 416 g/mol. The molecule has 0 aromatic heterocycles. The van der Waals surface area contributed by atoms with E-state index in [1.807, 2.05) is 28.8 Å². The largest absolute Gasteiger partial charge is 0.342 e. The van der Waals surface area contributed by atoms with Gasteiger partial charge in [-0.3, -0.25) is 9.59 Å². The average Bonchev–Trinajstić information content (AvgIpc) is 3.18. The number of piperidine rings is 1. The van der Waals surface area contributed by atoms with Crippen molar-refractivity contribution in [3.8, 4) is 0 Å². The molecule has 32 heavy (non-hydrogen) atoms. The van der Waals surface area contributed by atoms with E-state index in [0.29, 0.717) is 12.3 Å². The minimum absolute atomic E-state index is 0.0845. The lowest BCUT2D eigenvalue weighted by Gasteiger charge is -2.44. The molecule has 0 N–H and O–H groups in total. The molecule has 2 aliphatic rings. The van der Waals surface area contributed by atoms with Gasteiger partial charge in [-0.1, -0.05) is 71.9 Å². The Morgan fingerprint density at radius 2 is 1.56 bits per heavy atom. The standard InChI is InChI=1S/C27H42N2O2S/c1-5-6-7-8-9-10-11-24(30)28-18-16-27(17-19-28)29(20-21-32-27)25(31)22-12-14-23(15-13-22)26(2,3)4/h12-15H,5-11,16-21H2,1-4H3. The molecule has 1 aromatic carbocycles. The van der Waals surface area contributed by atoms with Gasteiger partial charge >= 0.3 is 0 Å². The number of nitrogens with zero attached hydrogens (tertiary/aromatic N) is 2. The summed E-state index contributed by atoms with van der Waals surface area (Å²) in [5.74, 6) is 1.42. The molecule has 0 radical (unpaired) electrons. The van der Waals surface area contributed by atoms with Crippen LogP contribution in [0.2, 0.25) is 0 Å². The molecule has 1 spiro atoms. The maximum absolute atomic E-state index is 13.4. The van der Waals surface area contributed by atoms with Crippen molar-refractivity contribution >= 4 is 23.6 Å². The Bertz CT molecular complexity index is 761. The molecule has 2 fully saturated rings. The zero-order valence-corrected chi connectivity index (χ0v) is 21.4. The fourth-order valence-electron chi connectivity index (χ4n) is 4.90. The van der Waals surface area contributed by atoms with Crippen LogP contribution in [0, 0.1) is 0 Å². The van der Waals surface area contributed by atoms with Crippen molar-refractivity contribution in [2.45, 2.75) is 95.8 Å². The van der Waals surface area contributed by atoms with Crippen LogP contribution in [-0.4, -0.2) is 51.9 Å². The summed E-state index contributed by atoms with van der Waals surface area (Å²) in [5, 5.41) is 0. The summed E-state index contributed by atoms with van der Waals surface area (Å²) in [4.78, 5) is 30.0. The Kier molecular flexibility index (Phi) is 8.71. The first kappa shape index (κ1) is 25.1. The average molecular weight is 459 g/mol. The Morgan fingerprint density at radius 3 is 2.19 bits per heavy atom. The third kappa shape index (κ3) is 6.09. The predicted octanol–water partition coefficient (Wildman–Crippen LogP) is 6.24. The number of amides is 2. The third-order valence-electron chi connectivity index (χ3n) is 7.06. The van der Waals surface area contributed by atoms with E-state index >= 15 is 0 Å². The van der Waals surface area contributed by atoms with E-state index in [0.717, 1.165) is 56.6 Å². The lowest BCUT2D eigenvalue weighted by atomic mass is 9.86. The molecule has 0 bridgehead atoms. The van der Waals surface area contributed by atoms with Gasteiger partial charge in [-0.25, -0.2) is 0 Å². The summed E-state index contributed by atoms with van der Waals surface area (Å²) < 4.78 is 0. The van der Waals surface area contributed by atoms with Crippen molar-refractivity contribution in [1.29, 1.82) is 0 Å². The van der Waals surface area contributed by atoms with Crippen LogP contribution >= 0.6 is 11.8 Å². The highest BCUT2D eigenvalue weighted by Crippen LogP contribution is 2.44. The van der Waals surface area contributed by atoms with Gasteiger partial charge in [0.1, 0.15) is 0 Å². The molecule has 2 aliphatic heterocycles. The van der Waals surface area contributed by atoms with Crippen molar-refractivity contribution in [3.63, 3.8) is 0 Å². The second kappa shape index (κ2) is 11.1. The third-order valence-corrected chi connectivity index (χ3v) is 8.61. The van der Waals surface area contributed by atoms with Crippen molar-refractivity contribution in [1.82, 2.24) is 9.80 Å². The van der Waals surface area contributed by atoms with Gasteiger partial charge in [0.25, 0.3) is 5.91 Å². The summed E-state index contributed by atoms with van der Waals surface area (Å²) in [6.07, 6.45) is 9.70. The van der Waals surface area contributed by atoms with E-state index in [9.17, 15) is 9.59 Å². The maximum atomic E-state index is 13.4. The summed E-state index contributed by atoms with van der Waals surface area (Å²) in [6, 6.07) is 8.15. The zero-order chi connectivity index (χ0) is 23.2. The van der Waals surface area contributed by atoms with E-state index < -0.39 is 0 Å². The molecule has 4 nitrogen and oxygen atoms in total. The Balaban J connectivity index is 1.53. The fraction of sp³-hybridized carbons (Fsp3) is 0.704. The quantitative estimate of drug-likeness (QED) is 0.433. The van der Waals surface area contributed by atoms with Crippen LogP contribution in [0.5, 0.6) is 0 Å². The van der Waals surface area contributed by atoms with Crippen LogP contribution in [0.25, 0.3) is 0 Å². The summed E-state index contributed by atoms with van der Waals surface area (Å²) in [6.45, 7) is 11.2. The highest BCUT2D eigenvalue weighted by molar-refractivity contribution is 8.00. The lowest BCUT2D eigenvalue weighted by Crippen LogP contribution is -2.53. The number of unbranched alkanes of at least 4 members (excludes halogenated alkanes) is 5. The maximum Gasteiger partial charge on any atom is 0.254 e. The highest BCUT2D eigenvalue weighted by Gasteiger charge is 2.47. The van der Waals surface area contributed by atoms with Gasteiger partial charge in [0.05, 0.1) is 4.87 Å². The molecule has 0 aliphatic carbocycles. The monoisotopic (exact) mass is 458 g/mol. The topological polar surface area (TPSA) is 40.6 Å². The van der Waals surface area contributed by atoms with Crippen molar-refractivity contribution in [2.24, 2.45) is 0 Å². The number of rotatable bonds is 8. The second-order valence-electron chi connectivity index (χ2n) is 10.5. The number of benzene rings is 1. The van der Waals surface area contributed by atoms with Crippen LogP contribution in [0.4, 0.5) is 0 Å². The van der Waals surface area contributed by atoms with E-state index in [1.165, 1.54) is 31.2 Å². The summed E-state index contributed by atoms with van der Waals surface area (Å²) >= 11 is 1.91. The Morgan fingerprint density at radius 1 is 0.938 bits per heavy atom. The van der Waals surface area contributed by atoms with Crippen molar-refractivity contribution in [3.05, 3.63) is 35.4 Å². The zero-order valence-electron chi connectivity index (χ0n) is 20.6. The minimum Gasteiger partial charge on any atom is -0.342 e. The van der Waals surface area contributed by atoms with Crippen molar-refractivity contribution in [2.75, 3.05) is 25.4 Å². The van der Waals surface area contributed by atoms with E-state index in [1.54, 1.807) is 0 Å². The summed E-state index contributed by atoms with van der Waals surface area (Å²) in [7, 11) is 0. The number of thioether (sulfide) groups is 1. The molecule has 5 heteroatoms. The predicted molar refractivity (Wildman–Crippen MR) is 135 cm³/mol. The van der Waals surface area contributed by atoms with Gasteiger partial charge < -0.3 is 9.80 Å². The van der Waals surface area contributed by atoms with Crippen LogP contribution in [0.15, 0.2) is 24.3 Å². The fourth-order valence-corrected chi connectivity index (χ4v) is 6.35. The number of hydrogen-bond donors (Lipinski definition) is 0. The van der Waals surface area contributed by atoms with Gasteiger partial charge in [0.2, 0.25) is 5.91 Å². The smallest absolute Gasteiger partial charge is 0.254 e. The molecule has 2 amide bonds. The molecule has 3 rings (SSSR count). The molecule has 0 saturated carbocycles. The molecule has 2 heterocycles. The van der Waals surface area contributed by atoms with E-state index in [2.05, 4.69) is 44.7 Å². The van der Waals surface area contributed by atoms with Gasteiger partial charge in [0.15, 0.2) is 0 Å². The second-order valence-corrected chi connectivity index (χ2v) is 11.9. The molecular formula is C27H42N2O2S. The molecule has 178 valence electrons. The first-order valence-corrected chi connectivity index (χ1v) is 13.6. The van der Waals surface area contributed by atoms with Crippen LogP contribution in [-0.2, 0) is 10.2 Å². The lowest BCUT2D eigenvalue weighted by molar-refractivity contribution is -0.132. The minimum atomic E-state index is -0.142. The number of likely N-dealkylation sites (tertiary alicyclic amines) is 1. The molecule has 1 aromatic rings. The van der Waals surface area contributed by atoms with Crippen molar-refractivity contribution < 1.29 is 9.59 Å². The summed E-state index contributed by atoms with van der Waals surface area (Å²) in [5.41, 5.74) is 2.11. The molecule has 0 atom stereocenters. The van der Waals surface area contributed by atoms with Crippen LogP contribution in [0.1, 0.15) is 101 Å². The molecule has 2 saturated heterocycles. The Labute approximate surface area is 199 Å². The van der Waals surface area contributed by atoms with Gasteiger partial charge in [-0.05, 0) is 42.4 Å². The molecule has 0 unspecified atom stereocenters. The number of carbonyl (C=O) groups is 2. The Hall–Kier alpha value is -1.49. The highest BCUT2D eigenvalue weighted by atomic mass is 32.2. The number of carbonyl (C=O) groups excluding carboxylic acids is 2.